The molecule has 0 aliphatic carbocycles. The van der Waals surface area contributed by atoms with Crippen LogP contribution in [0.2, 0.25) is 0 Å². The molecule has 6 rings (SSSR count). The van der Waals surface area contributed by atoms with Crippen LogP contribution in [0, 0.1) is 11.3 Å². The summed E-state index contributed by atoms with van der Waals surface area (Å²) >= 11 is 0. The minimum Gasteiger partial charge on any atom is -0.422 e. The molecule has 0 atom stereocenters. The van der Waals surface area contributed by atoms with Crippen LogP contribution in [0.25, 0.3) is 55.5 Å². The van der Waals surface area contributed by atoms with Gasteiger partial charge < -0.3 is 14.3 Å². The molecule has 0 unspecified atom stereocenters. The first-order chi connectivity index (χ1) is 20.4. The second-order valence-corrected chi connectivity index (χ2v) is 10.8. The van der Waals surface area contributed by atoms with E-state index in [-0.39, 0.29) is 0 Å². The summed E-state index contributed by atoms with van der Waals surface area (Å²) in [6.45, 7) is 10.2. The molecule has 0 aliphatic rings. The number of aromatic nitrogens is 2. The van der Waals surface area contributed by atoms with Crippen LogP contribution in [-0.4, -0.2) is 23.1 Å². The topological polar surface area (TPSA) is 85.9 Å². The molecule has 0 radical (unpaired) electrons. The van der Waals surface area contributed by atoms with E-state index in [1.165, 1.54) is 5.56 Å². The van der Waals surface area contributed by atoms with E-state index in [9.17, 15) is 10.1 Å². The fourth-order valence-corrected chi connectivity index (χ4v) is 5.60. The zero-order valence-electron chi connectivity index (χ0n) is 24.2. The van der Waals surface area contributed by atoms with Crippen LogP contribution in [0.15, 0.2) is 94.3 Å². The molecule has 0 bridgehead atoms. The Kier molecular flexibility index (Phi) is 7.10. The fourth-order valence-electron chi connectivity index (χ4n) is 5.60. The first-order valence-electron chi connectivity index (χ1n) is 14.4. The Hall–Kier alpha value is -5.15. The van der Waals surface area contributed by atoms with Crippen molar-refractivity contribution in [2.75, 3.05) is 18.0 Å². The Morgan fingerprint density at radius 3 is 2.40 bits per heavy atom. The van der Waals surface area contributed by atoms with Gasteiger partial charge in [-0.15, -0.1) is 0 Å². The average Bonchev–Trinajstić information content (AvgIpc) is 3.45. The van der Waals surface area contributed by atoms with E-state index in [2.05, 4.69) is 55.8 Å². The number of H-pyrrole nitrogens is 1. The van der Waals surface area contributed by atoms with Crippen LogP contribution in [0.4, 0.5) is 5.69 Å². The molecule has 0 amide bonds. The van der Waals surface area contributed by atoms with Crippen molar-refractivity contribution in [3.63, 3.8) is 0 Å². The normalized spacial score (nSPS) is 11.3. The number of anilines is 1. The average molecular weight is 553 g/mol. The molecule has 0 saturated carbocycles. The Morgan fingerprint density at radius 2 is 1.69 bits per heavy atom. The zero-order valence-corrected chi connectivity index (χ0v) is 24.2. The standard InChI is InChI=1S/C36H32N4O2/c1-5-40(6-2)26-16-15-25-17-29(36(41)42-34(25)18-26)33-19-28(24-13-11-23(12-14-24)22(3)4)30(20-37)35(39-33)31-21-38-32-10-8-7-9-27(31)32/h7-19,21-22,38H,5-6H2,1-4H3. The number of benzene rings is 3. The molecular formula is C36H32N4O2. The van der Waals surface area contributed by atoms with Crippen molar-refractivity contribution < 1.29 is 4.42 Å². The molecule has 6 heteroatoms. The number of hydrogen-bond donors (Lipinski definition) is 1. The maximum Gasteiger partial charge on any atom is 0.345 e. The second kappa shape index (κ2) is 11.0. The lowest BCUT2D eigenvalue weighted by Crippen LogP contribution is -2.21. The molecule has 6 nitrogen and oxygen atoms in total. The lowest BCUT2D eigenvalue weighted by Gasteiger charge is -2.21. The number of aromatic amines is 1. The van der Waals surface area contributed by atoms with Gasteiger partial charge in [0.25, 0.3) is 0 Å². The van der Waals surface area contributed by atoms with Crippen molar-refractivity contribution in [1.82, 2.24) is 9.97 Å². The van der Waals surface area contributed by atoms with Gasteiger partial charge in [0.2, 0.25) is 0 Å². The van der Waals surface area contributed by atoms with E-state index in [1.807, 2.05) is 72.9 Å². The molecule has 0 aliphatic heterocycles. The second-order valence-electron chi connectivity index (χ2n) is 10.8. The van der Waals surface area contributed by atoms with Gasteiger partial charge in [-0.3, -0.25) is 0 Å². The smallest absolute Gasteiger partial charge is 0.345 e. The molecule has 208 valence electrons. The lowest BCUT2D eigenvalue weighted by atomic mass is 9.92. The minimum absolute atomic E-state index is 0.351. The van der Waals surface area contributed by atoms with Gasteiger partial charge in [0.05, 0.1) is 22.5 Å². The Labute approximate surface area is 244 Å². The van der Waals surface area contributed by atoms with E-state index in [0.29, 0.717) is 34.0 Å². The summed E-state index contributed by atoms with van der Waals surface area (Å²) in [5.74, 6) is 0.383. The third-order valence-corrected chi connectivity index (χ3v) is 7.99. The van der Waals surface area contributed by atoms with Crippen LogP contribution in [0.5, 0.6) is 0 Å². The number of rotatable bonds is 7. The van der Waals surface area contributed by atoms with E-state index < -0.39 is 5.63 Å². The van der Waals surface area contributed by atoms with Gasteiger partial charge in [-0.1, -0.05) is 56.3 Å². The molecule has 3 aromatic heterocycles. The van der Waals surface area contributed by atoms with Gasteiger partial charge in [0.1, 0.15) is 11.7 Å². The van der Waals surface area contributed by atoms with Crippen molar-refractivity contribution in [1.29, 1.82) is 5.26 Å². The maximum atomic E-state index is 13.5. The molecule has 1 N–H and O–H groups in total. The summed E-state index contributed by atoms with van der Waals surface area (Å²) in [6, 6.07) is 28.2. The summed E-state index contributed by atoms with van der Waals surface area (Å²) in [4.78, 5) is 24.0. The van der Waals surface area contributed by atoms with E-state index in [0.717, 1.165) is 51.8 Å². The quantitative estimate of drug-likeness (QED) is 0.201. The van der Waals surface area contributed by atoms with Crippen molar-refractivity contribution in [2.45, 2.75) is 33.6 Å². The number of pyridine rings is 1. The zero-order chi connectivity index (χ0) is 29.4. The van der Waals surface area contributed by atoms with Gasteiger partial charge in [0.15, 0.2) is 0 Å². The molecular weight excluding hydrogens is 520 g/mol. The van der Waals surface area contributed by atoms with Crippen LogP contribution < -0.4 is 10.5 Å². The SMILES string of the molecule is CCN(CC)c1ccc2cc(-c3cc(-c4ccc(C(C)C)cc4)c(C#N)c(-c4c[nH]c5ccccc45)n3)c(=O)oc2c1. The predicted octanol–water partition coefficient (Wildman–Crippen LogP) is 8.51. The summed E-state index contributed by atoms with van der Waals surface area (Å²) < 4.78 is 5.88. The summed E-state index contributed by atoms with van der Waals surface area (Å²) in [6.07, 6.45) is 1.88. The van der Waals surface area contributed by atoms with Crippen molar-refractivity contribution in [3.05, 3.63) is 107 Å². The highest BCUT2D eigenvalue weighted by Crippen LogP contribution is 2.37. The Balaban J connectivity index is 1.60. The molecule has 42 heavy (non-hydrogen) atoms. The molecule has 3 heterocycles. The lowest BCUT2D eigenvalue weighted by molar-refractivity contribution is 0.563. The summed E-state index contributed by atoms with van der Waals surface area (Å²) in [5.41, 5.74) is 7.41. The van der Waals surface area contributed by atoms with Crippen molar-refractivity contribution >= 4 is 27.6 Å². The highest BCUT2D eigenvalue weighted by Gasteiger charge is 2.21. The third kappa shape index (κ3) is 4.73. The van der Waals surface area contributed by atoms with Gasteiger partial charge in [-0.25, -0.2) is 9.78 Å². The molecule has 0 fully saturated rings. The van der Waals surface area contributed by atoms with Gasteiger partial charge in [0, 0.05) is 58.5 Å². The van der Waals surface area contributed by atoms with Crippen LogP contribution >= 0.6 is 0 Å². The van der Waals surface area contributed by atoms with Crippen LogP contribution in [0.3, 0.4) is 0 Å². The van der Waals surface area contributed by atoms with Gasteiger partial charge >= 0.3 is 5.63 Å². The molecule has 6 aromatic rings. The molecule has 3 aromatic carbocycles. The number of nitrogens with one attached hydrogen (secondary N) is 1. The van der Waals surface area contributed by atoms with E-state index >= 15 is 0 Å². The predicted molar refractivity (Wildman–Crippen MR) is 171 cm³/mol. The maximum absolute atomic E-state index is 13.5. The van der Waals surface area contributed by atoms with E-state index in [1.54, 1.807) is 0 Å². The Morgan fingerprint density at radius 1 is 0.929 bits per heavy atom. The third-order valence-electron chi connectivity index (χ3n) is 7.99. The van der Waals surface area contributed by atoms with E-state index in [4.69, 9.17) is 9.40 Å². The number of para-hydroxylation sites is 1. The largest absolute Gasteiger partial charge is 0.422 e. The fraction of sp³-hybridized carbons (Fsp3) is 0.194. The van der Waals surface area contributed by atoms with Crippen molar-refractivity contribution in [3.8, 4) is 39.7 Å². The molecule has 0 saturated heterocycles. The molecule has 0 spiro atoms. The first kappa shape index (κ1) is 27.0. The summed E-state index contributed by atoms with van der Waals surface area (Å²) in [7, 11) is 0. The highest BCUT2D eigenvalue weighted by atomic mass is 16.4. The van der Waals surface area contributed by atoms with Gasteiger partial charge in [-0.05, 0) is 61.2 Å². The minimum atomic E-state index is -0.470. The Bertz CT molecular complexity index is 2020. The van der Waals surface area contributed by atoms with Crippen LogP contribution in [0.1, 0.15) is 44.7 Å². The number of hydrogen-bond acceptors (Lipinski definition) is 5. The van der Waals surface area contributed by atoms with Crippen LogP contribution in [-0.2, 0) is 0 Å². The number of nitrogens with zero attached hydrogens (tertiary/aromatic N) is 3. The monoisotopic (exact) mass is 552 g/mol. The number of nitriles is 1. The number of fused-ring (bicyclic) bond motifs is 2. The summed E-state index contributed by atoms with van der Waals surface area (Å²) in [5, 5.41) is 12.2. The first-order valence-corrected chi connectivity index (χ1v) is 14.4. The van der Waals surface area contributed by atoms with Crippen molar-refractivity contribution in [2.24, 2.45) is 0 Å². The highest BCUT2D eigenvalue weighted by molar-refractivity contribution is 5.98. The van der Waals surface area contributed by atoms with Gasteiger partial charge in [-0.2, -0.15) is 5.26 Å².